The van der Waals surface area contributed by atoms with Crippen LogP contribution < -0.4 is 10.6 Å². The molecule has 0 fully saturated rings. The summed E-state index contributed by atoms with van der Waals surface area (Å²) >= 11 is 0. The van der Waals surface area contributed by atoms with Crippen LogP contribution in [0, 0.1) is 16.0 Å². The average molecular weight is 349 g/mol. The van der Waals surface area contributed by atoms with Gasteiger partial charge in [-0.25, -0.2) is 4.99 Å². The Balaban J connectivity index is 2.69. The van der Waals surface area contributed by atoms with Gasteiger partial charge in [0.1, 0.15) is 0 Å². The number of nitrogens with one attached hydrogen (secondary N) is 2. The van der Waals surface area contributed by atoms with E-state index in [0.717, 1.165) is 18.5 Å². The summed E-state index contributed by atoms with van der Waals surface area (Å²) in [6.45, 7) is 5.54. The molecule has 1 rings (SSSR count). The SMILES string of the molecule is CC(C)CCNC(=NCc1ccc([N+](=O)[O-])cc1)NCC(=O)N(C)C. The average Bonchev–Trinajstić information content (AvgIpc) is 2.56. The van der Waals surface area contributed by atoms with Gasteiger partial charge in [0.15, 0.2) is 5.96 Å². The maximum absolute atomic E-state index is 11.7. The topological polar surface area (TPSA) is 99.9 Å². The Morgan fingerprint density at radius 2 is 1.88 bits per heavy atom. The standard InChI is InChI=1S/C17H27N5O3/c1-13(2)9-10-18-17(20-12-16(23)21(3)4)19-11-14-5-7-15(8-6-14)22(24)25/h5-8,13H,9-12H2,1-4H3,(H2,18,19,20). The molecule has 0 aliphatic rings. The van der Waals surface area contributed by atoms with E-state index < -0.39 is 4.92 Å². The van der Waals surface area contributed by atoms with E-state index in [1.807, 2.05) is 0 Å². The molecule has 0 spiro atoms. The van der Waals surface area contributed by atoms with Crippen LogP contribution in [0.3, 0.4) is 0 Å². The zero-order chi connectivity index (χ0) is 18.8. The lowest BCUT2D eigenvalue weighted by Gasteiger charge is -2.15. The van der Waals surface area contributed by atoms with Crippen molar-refractivity contribution in [2.24, 2.45) is 10.9 Å². The fourth-order valence-corrected chi connectivity index (χ4v) is 1.86. The summed E-state index contributed by atoms with van der Waals surface area (Å²) in [4.78, 5) is 27.9. The Morgan fingerprint density at radius 3 is 2.40 bits per heavy atom. The molecule has 8 heteroatoms. The highest BCUT2D eigenvalue weighted by Gasteiger charge is 2.07. The van der Waals surface area contributed by atoms with Crippen LogP contribution in [0.15, 0.2) is 29.3 Å². The normalized spacial score (nSPS) is 11.3. The first-order valence-electron chi connectivity index (χ1n) is 8.25. The van der Waals surface area contributed by atoms with Crippen molar-refractivity contribution in [2.45, 2.75) is 26.8 Å². The lowest BCUT2D eigenvalue weighted by molar-refractivity contribution is -0.384. The number of hydrogen-bond acceptors (Lipinski definition) is 4. The number of aliphatic imine (C=N–C) groups is 1. The largest absolute Gasteiger partial charge is 0.356 e. The predicted octanol–water partition coefficient (Wildman–Crippen LogP) is 1.76. The predicted molar refractivity (Wildman–Crippen MR) is 98.4 cm³/mol. The van der Waals surface area contributed by atoms with Gasteiger partial charge in [-0.2, -0.15) is 0 Å². The minimum absolute atomic E-state index is 0.0475. The first-order valence-corrected chi connectivity index (χ1v) is 8.25. The fourth-order valence-electron chi connectivity index (χ4n) is 1.86. The summed E-state index contributed by atoms with van der Waals surface area (Å²) in [7, 11) is 3.40. The number of guanidine groups is 1. The maximum Gasteiger partial charge on any atom is 0.269 e. The van der Waals surface area contributed by atoms with Crippen molar-refractivity contribution in [3.63, 3.8) is 0 Å². The third kappa shape index (κ3) is 8.14. The van der Waals surface area contributed by atoms with Crippen molar-refractivity contribution in [1.82, 2.24) is 15.5 Å². The molecule has 1 amide bonds. The molecule has 0 atom stereocenters. The first kappa shape index (κ1) is 20.4. The number of benzene rings is 1. The van der Waals surface area contributed by atoms with Crippen LogP contribution in [-0.4, -0.2) is 48.9 Å². The van der Waals surface area contributed by atoms with Crippen molar-refractivity contribution in [1.29, 1.82) is 0 Å². The summed E-state index contributed by atoms with van der Waals surface area (Å²) in [6.07, 6.45) is 0.986. The van der Waals surface area contributed by atoms with Gasteiger partial charge in [-0.05, 0) is 17.9 Å². The van der Waals surface area contributed by atoms with Gasteiger partial charge in [-0.15, -0.1) is 0 Å². The molecule has 0 heterocycles. The van der Waals surface area contributed by atoms with Crippen molar-refractivity contribution >= 4 is 17.6 Å². The molecule has 138 valence electrons. The van der Waals surface area contributed by atoms with Gasteiger partial charge < -0.3 is 15.5 Å². The number of likely N-dealkylation sites (N-methyl/N-ethyl adjacent to an activating group) is 1. The highest BCUT2D eigenvalue weighted by Crippen LogP contribution is 2.12. The van der Waals surface area contributed by atoms with Gasteiger partial charge in [-0.3, -0.25) is 14.9 Å². The molecule has 8 nitrogen and oxygen atoms in total. The van der Waals surface area contributed by atoms with E-state index >= 15 is 0 Å². The van der Waals surface area contributed by atoms with E-state index in [2.05, 4.69) is 29.5 Å². The second kappa shape index (κ2) is 10.3. The highest BCUT2D eigenvalue weighted by atomic mass is 16.6. The molecule has 2 N–H and O–H groups in total. The molecular weight excluding hydrogens is 322 g/mol. The van der Waals surface area contributed by atoms with Gasteiger partial charge in [0.05, 0.1) is 18.0 Å². The van der Waals surface area contributed by atoms with E-state index in [-0.39, 0.29) is 18.1 Å². The Labute approximate surface area is 148 Å². The Morgan fingerprint density at radius 1 is 1.24 bits per heavy atom. The number of nitro benzene ring substituents is 1. The molecule has 0 unspecified atom stereocenters. The van der Waals surface area contributed by atoms with E-state index in [1.54, 1.807) is 26.2 Å². The van der Waals surface area contributed by atoms with E-state index in [1.165, 1.54) is 17.0 Å². The van der Waals surface area contributed by atoms with Gasteiger partial charge in [0, 0.05) is 32.8 Å². The molecule has 0 saturated heterocycles. The van der Waals surface area contributed by atoms with E-state index in [4.69, 9.17) is 0 Å². The molecule has 0 aliphatic heterocycles. The van der Waals surface area contributed by atoms with Gasteiger partial charge in [0.25, 0.3) is 5.69 Å². The summed E-state index contributed by atoms with van der Waals surface area (Å²) in [5.41, 5.74) is 0.909. The molecule has 0 aliphatic carbocycles. The minimum atomic E-state index is -0.430. The first-order chi connectivity index (χ1) is 11.8. The van der Waals surface area contributed by atoms with Crippen molar-refractivity contribution in [3.8, 4) is 0 Å². The quantitative estimate of drug-likeness (QED) is 0.322. The van der Waals surface area contributed by atoms with Crippen molar-refractivity contribution < 1.29 is 9.72 Å². The lowest BCUT2D eigenvalue weighted by Crippen LogP contribution is -2.43. The third-order valence-electron chi connectivity index (χ3n) is 3.49. The number of amides is 1. The summed E-state index contributed by atoms with van der Waals surface area (Å²) in [6, 6.07) is 6.27. The Bertz CT molecular complexity index is 597. The molecule has 25 heavy (non-hydrogen) atoms. The number of nitrogens with zero attached hydrogens (tertiary/aromatic N) is 3. The fraction of sp³-hybridized carbons (Fsp3) is 0.529. The molecule has 1 aromatic rings. The molecule has 0 aromatic heterocycles. The number of non-ortho nitro benzene ring substituents is 1. The van der Waals surface area contributed by atoms with Crippen LogP contribution >= 0.6 is 0 Å². The van der Waals surface area contributed by atoms with Crippen LogP contribution in [0.4, 0.5) is 5.69 Å². The van der Waals surface area contributed by atoms with Crippen LogP contribution in [0.2, 0.25) is 0 Å². The Hall–Kier alpha value is -2.64. The second-order valence-corrected chi connectivity index (χ2v) is 6.34. The third-order valence-corrected chi connectivity index (χ3v) is 3.49. The zero-order valence-electron chi connectivity index (χ0n) is 15.3. The molecule has 0 radical (unpaired) electrons. The van der Waals surface area contributed by atoms with Gasteiger partial charge >= 0.3 is 0 Å². The van der Waals surface area contributed by atoms with Gasteiger partial charge in [-0.1, -0.05) is 26.0 Å². The summed E-state index contributed by atoms with van der Waals surface area (Å²) < 4.78 is 0. The van der Waals surface area contributed by atoms with Crippen LogP contribution in [0.25, 0.3) is 0 Å². The van der Waals surface area contributed by atoms with Crippen molar-refractivity contribution in [2.75, 3.05) is 27.2 Å². The highest BCUT2D eigenvalue weighted by molar-refractivity contribution is 5.86. The maximum atomic E-state index is 11.7. The number of nitro groups is 1. The van der Waals surface area contributed by atoms with Gasteiger partial charge in [0.2, 0.25) is 5.91 Å². The number of rotatable bonds is 8. The Kier molecular flexibility index (Phi) is 8.38. The summed E-state index contributed by atoms with van der Waals surface area (Å²) in [5.74, 6) is 1.06. The number of hydrogen-bond donors (Lipinski definition) is 2. The molecular formula is C17H27N5O3. The second-order valence-electron chi connectivity index (χ2n) is 6.34. The zero-order valence-corrected chi connectivity index (χ0v) is 15.3. The number of carbonyl (C=O) groups excluding carboxylic acids is 1. The lowest BCUT2D eigenvalue weighted by atomic mass is 10.1. The summed E-state index contributed by atoms with van der Waals surface area (Å²) in [5, 5.41) is 16.9. The van der Waals surface area contributed by atoms with Crippen LogP contribution in [0.1, 0.15) is 25.8 Å². The molecule has 0 saturated carbocycles. The van der Waals surface area contributed by atoms with E-state index in [9.17, 15) is 14.9 Å². The number of carbonyl (C=O) groups is 1. The van der Waals surface area contributed by atoms with Crippen LogP contribution in [0.5, 0.6) is 0 Å². The molecule has 1 aromatic carbocycles. The van der Waals surface area contributed by atoms with Crippen molar-refractivity contribution in [3.05, 3.63) is 39.9 Å². The molecule has 0 bridgehead atoms. The minimum Gasteiger partial charge on any atom is -0.356 e. The van der Waals surface area contributed by atoms with E-state index in [0.29, 0.717) is 18.4 Å². The monoisotopic (exact) mass is 349 g/mol. The van der Waals surface area contributed by atoms with Crippen LogP contribution in [-0.2, 0) is 11.3 Å². The smallest absolute Gasteiger partial charge is 0.269 e.